The molecule has 9 heteroatoms. The first kappa shape index (κ1) is 28.4. The van der Waals surface area contributed by atoms with Crippen molar-refractivity contribution in [3.05, 3.63) is 45.5 Å². The maximum Gasteiger partial charge on any atom is 0.344 e. The van der Waals surface area contributed by atoms with Crippen molar-refractivity contribution < 1.29 is 33.8 Å². The van der Waals surface area contributed by atoms with Crippen molar-refractivity contribution in [3.8, 4) is 11.5 Å². The molecule has 1 aliphatic rings. The van der Waals surface area contributed by atoms with E-state index in [4.69, 9.17) is 26.3 Å². The van der Waals surface area contributed by atoms with E-state index >= 15 is 0 Å². The molecule has 0 spiro atoms. The lowest BCUT2D eigenvalue weighted by atomic mass is 9.61. The van der Waals surface area contributed by atoms with Crippen LogP contribution in [0.3, 0.4) is 0 Å². The monoisotopic (exact) mass is 509 g/mol. The van der Waals surface area contributed by atoms with Crippen molar-refractivity contribution in [3.63, 3.8) is 0 Å². The molecule has 0 aliphatic heterocycles. The van der Waals surface area contributed by atoms with E-state index < -0.39 is 19.4 Å². The third kappa shape index (κ3) is 6.42. The van der Waals surface area contributed by atoms with E-state index in [2.05, 4.69) is 32.0 Å². The van der Waals surface area contributed by atoms with Crippen molar-refractivity contribution in [1.82, 2.24) is 0 Å². The molecule has 0 saturated heterocycles. The number of allylic oxidation sites excluding steroid dienone is 4. The van der Waals surface area contributed by atoms with Crippen LogP contribution in [-0.2, 0) is 16.1 Å². The molecule has 2 N–H and O–H groups in total. The van der Waals surface area contributed by atoms with Crippen molar-refractivity contribution in [2.45, 2.75) is 53.9 Å². The van der Waals surface area contributed by atoms with Gasteiger partial charge < -0.3 is 19.8 Å². The number of aromatic hydroxyl groups is 1. The molecule has 0 bridgehead atoms. The van der Waals surface area contributed by atoms with Crippen molar-refractivity contribution in [2.75, 3.05) is 13.5 Å². The molecule has 1 aliphatic carbocycles. The number of carbonyl (C=O) groups excluding carboxylic acids is 1. The lowest BCUT2D eigenvalue weighted by Crippen LogP contribution is -2.40. The van der Waals surface area contributed by atoms with Gasteiger partial charge in [0.05, 0.1) is 16.3 Å². The van der Waals surface area contributed by atoms with E-state index in [-0.39, 0.29) is 45.4 Å². The molecule has 1 fully saturated rings. The first-order chi connectivity index (χ1) is 16.5. The van der Waals surface area contributed by atoms with Crippen molar-refractivity contribution in [2.24, 2.45) is 22.4 Å². The summed E-state index contributed by atoms with van der Waals surface area (Å²) in [5.41, 5.74) is 2.07. The third-order valence-corrected chi connectivity index (χ3v) is 7.55. The van der Waals surface area contributed by atoms with Gasteiger partial charge in [0.25, 0.3) is 0 Å². The number of rotatable bonds is 10. The second-order valence-corrected chi connectivity index (χ2v) is 9.52. The van der Waals surface area contributed by atoms with Crippen molar-refractivity contribution >= 4 is 29.6 Å². The molecular weight excluding hydrogens is 477 g/mol. The zero-order valence-corrected chi connectivity index (χ0v) is 21.5. The van der Waals surface area contributed by atoms with Crippen LogP contribution in [0, 0.1) is 24.2 Å². The van der Waals surface area contributed by atoms with Gasteiger partial charge in [-0.05, 0) is 50.0 Å². The molecule has 1 saturated carbocycles. The summed E-state index contributed by atoms with van der Waals surface area (Å²) in [5.74, 6) is -0.951. The number of ether oxygens (including phenoxy) is 1. The number of aldehydes is 1. The Hall–Kier alpha value is -2.87. The number of benzene rings is 1. The number of phenolic OH excluding ortho intramolecular Hbond substituents is 1. The van der Waals surface area contributed by atoms with Gasteiger partial charge in [0, 0.05) is 11.5 Å². The van der Waals surface area contributed by atoms with E-state index in [1.165, 1.54) is 0 Å². The van der Waals surface area contributed by atoms with Crippen LogP contribution >= 0.6 is 11.6 Å². The van der Waals surface area contributed by atoms with E-state index in [9.17, 15) is 19.1 Å². The van der Waals surface area contributed by atoms with Gasteiger partial charge in [-0.25, -0.2) is 9.18 Å². The van der Waals surface area contributed by atoms with Crippen LogP contribution in [0.15, 0.2) is 29.0 Å². The number of hydrogen-bond donors (Lipinski definition) is 2. The Morgan fingerprint density at radius 2 is 2.06 bits per heavy atom. The number of alkyl halides is 1. The highest BCUT2D eigenvalue weighted by atomic mass is 35.5. The van der Waals surface area contributed by atoms with Crippen LogP contribution in [0.1, 0.15) is 62.0 Å². The molecule has 1 aromatic carbocycles. The van der Waals surface area contributed by atoms with E-state index in [0.29, 0.717) is 17.8 Å². The normalized spacial score (nSPS) is 24.1. The quantitative estimate of drug-likeness (QED) is 0.226. The largest absolute Gasteiger partial charge is 0.507 e. The number of hydrogen-bond acceptors (Lipinski definition) is 6. The number of carboxylic acid groups (broad SMARTS) is 1. The summed E-state index contributed by atoms with van der Waals surface area (Å²) in [7, 11) is 0. The number of oxime groups is 1. The Labute approximate surface area is 210 Å². The molecular formula is C26H33ClFNO6. The second kappa shape index (κ2) is 12.2. The van der Waals surface area contributed by atoms with E-state index in [1.807, 2.05) is 19.1 Å². The predicted octanol–water partition coefficient (Wildman–Crippen LogP) is 6.05. The maximum atomic E-state index is 13.0. The molecule has 0 amide bonds. The van der Waals surface area contributed by atoms with Gasteiger partial charge in [-0.15, -0.1) is 0 Å². The highest BCUT2D eigenvalue weighted by molar-refractivity contribution is 6.33. The first-order valence-electron chi connectivity index (χ1n) is 11.4. The predicted molar refractivity (Wildman–Crippen MR) is 133 cm³/mol. The third-order valence-electron chi connectivity index (χ3n) is 7.10. The topological polar surface area (TPSA) is 105 Å². The van der Waals surface area contributed by atoms with Crippen LogP contribution < -0.4 is 4.74 Å². The number of phenols is 1. The highest BCUT2D eigenvalue weighted by Crippen LogP contribution is 2.45. The van der Waals surface area contributed by atoms with Gasteiger partial charge in [-0.2, -0.15) is 0 Å². The molecule has 2 rings (SSSR count). The minimum absolute atomic E-state index is 0.0199. The average molecular weight is 510 g/mol. The fourth-order valence-corrected chi connectivity index (χ4v) is 4.60. The van der Waals surface area contributed by atoms with E-state index in [1.54, 1.807) is 6.92 Å². The van der Waals surface area contributed by atoms with Gasteiger partial charge in [0.1, 0.15) is 11.5 Å². The minimum atomic E-state index is -1.12. The number of halogens is 2. The van der Waals surface area contributed by atoms with Crippen LogP contribution in [0.2, 0.25) is 5.02 Å². The lowest BCUT2D eigenvalue weighted by molar-refractivity contribution is -0.142. The van der Waals surface area contributed by atoms with Gasteiger partial charge in [0.15, 0.2) is 6.29 Å². The molecule has 0 aromatic heterocycles. The Morgan fingerprint density at radius 3 is 2.66 bits per heavy atom. The van der Waals surface area contributed by atoms with Crippen LogP contribution in [0.4, 0.5) is 4.39 Å². The molecule has 0 heterocycles. The Kier molecular flexibility index (Phi) is 9.89. The fourth-order valence-electron chi connectivity index (χ4n) is 4.33. The summed E-state index contributed by atoms with van der Waals surface area (Å²) in [4.78, 5) is 27.1. The Morgan fingerprint density at radius 1 is 1.37 bits per heavy atom. The summed E-state index contributed by atoms with van der Waals surface area (Å²) in [6, 6.07) is 0. The zero-order valence-electron chi connectivity index (χ0n) is 20.7. The van der Waals surface area contributed by atoms with Crippen molar-refractivity contribution in [1.29, 1.82) is 0 Å². The summed E-state index contributed by atoms with van der Waals surface area (Å²) >= 11 is 6.28. The standard InChI is InChI=1S/C26H33ClFNO6/c1-15(6-8-19-24(33)20(12-30)17(3)23(27)25(19)34-14-28)10-11-26(5)16(2)7-9-21(18(26)4)29-35-13-22(31)32/h6,10-12,16,18,33H,7-9,13-14H2,1-5H3,(H,31,32)/b11-10+,15-6+,29-21+/t16-,18+,26+/m1/s1. The smallest absolute Gasteiger partial charge is 0.344 e. The zero-order chi connectivity index (χ0) is 26.3. The molecule has 192 valence electrons. The summed E-state index contributed by atoms with van der Waals surface area (Å²) in [5, 5.41) is 23.5. The van der Waals surface area contributed by atoms with Gasteiger partial charge in [-0.1, -0.05) is 61.3 Å². The minimum Gasteiger partial charge on any atom is -0.507 e. The number of aliphatic carboxylic acids is 1. The average Bonchev–Trinajstić information content (AvgIpc) is 2.81. The number of carbonyl (C=O) groups is 2. The summed E-state index contributed by atoms with van der Waals surface area (Å²) < 4.78 is 18.0. The maximum absolute atomic E-state index is 13.0. The molecule has 1 aromatic rings. The second-order valence-electron chi connectivity index (χ2n) is 9.14. The fraction of sp³-hybridized carbons (Fsp3) is 0.500. The first-order valence-corrected chi connectivity index (χ1v) is 11.8. The van der Waals surface area contributed by atoms with Gasteiger partial charge in [-0.3, -0.25) is 4.79 Å². The SMILES string of the molecule is CC(/C=C/[C@@]1(C)[C@H](C)CC/C(=N\OCC(=O)O)[C@@H]1C)=C\Cc1c(O)c(C=O)c(C)c(Cl)c1OCF. The summed E-state index contributed by atoms with van der Waals surface area (Å²) in [6.07, 6.45) is 8.23. The molecule has 0 radical (unpaired) electrons. The molecule has 35 heavy (non-hydrogen) atoms. The number of nitrogens with zero attached hydrogens (tertiary/aromatic N) is 1. The molecule has 3 atom stereocenters. The van der Waals surface area contributed by atoms with Gasteiger partial charge >= 0.3 is 5.97 Å². The van der Waals surface area contributed by atoms with Crippen LogP contribution in [-0.4, -0.2) is 41.6 Å². The van der Waals surface area contributed by atoms with Gasteiger partial charge in [0.2, 0.25) is 13.5 Å². The summed E-state index contributed by atoms with van der Waals surface area (Å²) in [6.45, 7) is 8.21. The van der Waals surface area contributed by atoms with Crippen LogP contribution in [0.5, 0.6) is 11.5 Å². The molecule has 7 nitrogen and oxygen atoms in total. The number of carboxylic acids is 1. The van der Waals surface area contributed by atoms with E-state index in [0.717, 1.165) is 24.1 Å². The Balaban J connectivity index is 2.30. The lowest BCUT2D eigenvalue weighted by Gasteiger charge is -2.43. The molecule has 0 unspecified atom stereocenters. The highest BCUT2D eigenvalue weighted by Gasteiger charge is 2.41. The van der Waals surface area contributed by atoms with Crippen LogP contribution in [0.25, 0.3) is 0 Å². The Bertz CT molecular complexity index is 1050.